The number of para-hydroxylation sites is 2. The van der Waals surface area contributed by atoms with Gasteiger partial charge in [-0.1, -0.05) is 24.3 Å². The molecule has 2 aromatic carbocycles. The SMILES string of the molecule is COc1ccc(C2Cn3cnc(C(=O)N4CCC(C(=O)Nc5ccccc5OC)CC4)c3CO2)cc1. The van der Waals surface area contributed by atoms with E-state index in [1.807, 2.05) is 53.1 Å². The number of amides is 2. The summed E-state index contributed by atoms with van der Waals surface area (Å²) in [5.74, 6) is 1.09. The van der Waals surface area contributed by atoms with Crippen molar-refractivity contribution in [3.05, 3.63) is 71.8 Å². The number of aromatic nitrogens is 2. The Morgan fingerprint density at radius 1 is 1.03 bits per heavy atom. The zero-order valence-electron chi connectivity index (χ0n) is 20.5. The van der Waals surface area contributed by atoms with Crippen molar-refractivity contribution in [1.29, 1.82) is 0 Å². The monoisotopic (exact) mass is 490 g/mol. The summed E-state index contributed by atoms with van der Waals surface area (Å²) in [7, 11) is 3.22. The Balaban J connectivity index is 1.18. The molecule has 0 saturated carbocycles. The van der Waals surface area contributed by atoms with Crippen molar-refractivity contribution in [3.63, 3.8) is 0 Å². The van der Waals surface area contributed by atoms with E-state index in [1.165, 1.54) is 0 Å². The van der Waals surface area contributed by atoms with Gasteiger partial charge in [0.25, 0.3) is 5.91 Å². The van der Waals surface area contributed by atoms with Crippen LogP contribution in [-0.4, -0.2) is 53.6 Å². The van der Waals surface area contributed by atoms with E-state index in [2.05, 4.69) is 10.3 Å². The van der Waals surface area contributed by atoms with Gasteiger partial charge in [0.1, 0.15) is 17.6 Å². The lowest BCUT2D eigenvalue weighted by Gasteiger charge is -2.31. The number of imidazole rings is 1. The van der Waals surface area contributed by atoms with Crippen molar-refractivity contribution in [2.45, 2.75) is 32.1 Å². The van der Waals surface area contributed by atoms with E-state index in [0.717, 1.165) is 17.0 Å². The number of fused-ring (bicyclic) bond motifs is 1. The summed E-state index contributed by atoms with van der Waals surface area (Å²) in [5, 5.41) is 2.96. The van der Waals surface area contributed by atoms with E-state index in [-0.39, 0.29) is 23.8 Å². The zero-order chi connectivity index (χ0) is 25.1. The first-order valence-corrected chi connectivity index (χ1v) is 12.1. The Bertz CT molecular complexity index is 1230. The first kappa shape index (κ1) is 23.9. The second-order valence-corrected chi connectivity index (χ2v) is 9.02. The number of benzene rings is 2. The minimum Gasteiger partial charge on any atom is -0.497 e. The number of hydrogen-bond acceptors (Lipinski definition) is 6. The highest BCUT2D eigenvalue weighted by Gasteiger charge is 2.32. The third kappa shape index (κ3) is 4.79. The summed E-state index contributed by atoms with van der Waals surface area (Å²) in [6.07, 6.45) is 2.80. The zero-order valence-corrected chi connectivity index (χ0v) is 20.5. The van der Waals surface area contributed by atoms with Crippen LogP contribution < -0.4 is 14.8 Å². The maximum absolute atomic E-state index is 13.3. The molecule has 2 amide bonds. The van der Waals surface area contributed by atoms with E-state index < -0.39 is 0 Å². The van der Waals surface area contributed by atoms with Crippen molar-refractivity contribution in [2.75, 3.05) is 32.6 Å². The van der Waals surface area contributed by atoms with Crippen LogP contribution in [0.25, 0.3) is 0 Å². The fourth-order valence-electron chi connectivity index (χ4n) is 4.80. The van der Waals surface area contributed by atoms with E-state index in [4.69, 9.17) is 14.2 Å². The van der Waals surface area contributed by atoms with Crippen molar-refractivity contribution < 1.29 is 23.8 Å². The quantitative estimate of drug-likeness (QED) is 0.567. The van der Waals surface area contributed by atoms with Crippen LogP contribution in [0.1, 0.15) is 40.7 Å². The van der Waals surface area contributed by atoms with Crippen molar-refractivity contribution in [1.82, 2.24) is 14.5 Å². The molecular weight excluding hydrogens is 460 g/mol. The number of hydrogen-bond donors (Lipinski definition) is 1. The molecule has 1 aromatic heterocycles. The van der Waals surface area contributed by atoms with Gasteiger partial charge in [-0.05, 0) is 42.7 Å². The molecule has 1 unspecified atom stereocenters. The molecule has 188 valence electrons. The van der Waals surface area contributed by atoms with Gasteiger partial charge in [-0.2, -0.15) is 0 Å². The molecule has 0 aliphatic carbocycles. The van der Waals surface area contributed by atoms with Crippen LogP contribution in [0.2, 0.25) is 0 Å². The number of nitrogens with zero attached hydrogens (tertiary/aromatic N) is 3. The number of nitrogens with one attached hydrogen (secondary N) is 1. The Morgan fingerprint density at radius 3 is 2.50 bits per heavy atom. The van der Waals surface area contributed by atoms with Crippen molar-refractivity contribution >= 4 is 17.5 Å². The highest BCUT2D eigenvalue weighted by molar-refractivity contribution is 5.95. The van der Waals surface area contributed by atoms with Crippen molar-refractivity contribution in [2.24, 2.45) is 5.92 Å². The number of methoxy groups -OCH3 is 2. The van der Waals surface area contributed by atoms with E-state index >= 15 is 0 Å². The summed E-state index contributed by atoms with van der Waals surface area (Å²) >= 11 is 0. The van der Waals surface area contributed by atoms with Gasteiger partial charge in [0.05, 0.1) is 45.1 Å². The standard InChI is InChI=1S/C27H30N4O5/c1-34-20-9-7-18(8-10-20)24-15-31-17-28-25(22(31)16-36-24)27(33)30-13-11-19(12-14-30)26(32)29-21-5-3-4-6-23(21)35-2/h3-10,17,19,24H,11-16H2,1-2H3,(H,29,32). The third-order valence-electron chi connectivity index (χ3n) is 6.94. The van der Waals surface area contributed by atoms with Crippen LogP contribution in [0, 0.1) is 5.92 Å². The lowest BCUT2D eigenvalue weighted by atomic mass is 9.95. The van der Waals surface area contributed by atoms with Gasteiger partial charge in [-0.3, -0.25) is 9.59 Å². The van der Waals surface area contributed by atoms with E-state index in [1.54, 1.807) is 25.4 Å². The van der Waals surface area contributed by atoms with Gasteiger partial charge in [0.2, 0.25) is 5.91 Å². The number of anilines is 1. The lowest BCUT2D eigenvalue weighted by Crippen LogP contribution is -2.42. The summed E-state index contributed by atoms with van der Waals surface area (Å²) in [6.45, 7) is 1.91. The number of rotatable bonds is 6. The predicted molar refractivity (Wildman–Crippen MR) is 133 cm³/mol. The van der Waals surface area contributed by atoms with Gasteiger partial charge in [0.15, 0.2) is 5.69 Å². The molecule has 1 fully saturated rings. The number of carbonyl (C=O) groups is 2. The molecule has 1 N–H and O–H groups in total. The molecule has 0 bridgehead atoms. The first-order valence-electron chi connectivity index (χ1n) is 12.1. The van der Waals surface area contributed by atoms with Gasteiger partial charge >= 0.3 is 0 Å². The average molecular weight is 491 g/mol. The smallest absolute Gasteiger partial charge is 0.274 e. The first-order chi connectivity index (χ1) is 17.6. The normalized spacial score (nSPS) is 17.8. The van der Waals surface area contributed by atoms with Crippen LogP contribution in [0.15, 0.2) is 54.9 Å². The molecule has 1 atom stereocenters. The number of piperidine rings is 1. The molecule has 3 heterocycles. The van der Waals surface area contributed by atoms with Crippen LogP contribution in [0.4, 0.5) is 5.69 Å². The Kier molecular flexibility index (Phi) is 6.90. The average Bonchev–Trinajstić information content (AvgIpc) is 3.36. The van der Waals surface area contributed by atoms with Gasteiger partial charge in [-0.15, -0.1) is 0 Å². The highest BCUT2D eigenvalue weighted by atomic mass is 16.5. The lowest BCUT2D eigenvalue weighted by molar-refractivity contribution is -0.121. The van der Waals surface area contributed by atoms with Crippen LogP contribution in [0.5, 0.6) is 11.5 Å². The molecule has 1 saturated heterocycles. The Labute approximate surface area is 210 Å². The van der Waals surface area contributed by atoms with Crippen LogP contribution >= 0.6 is 0 Å². The van der Waals surface area contributed by atoms with E-state index in [0.29, 0.717) is 56.2 Å². The van der Waals surface area contributed by atoms with Crippen LogP contribution in [-0.2, 0) is 22.7 Å². The predicted octanol–water partition coefficient (Wildman–Crippen LogP) is 3.66. The molecule has 3 aromatic rings. The molecule has 9 nitrogen and oxygen atoms in total. The summed E-state index contributed by atoms with van der Waals surface area (Å²) < 4.78 is 18.6. The molecule has 2 aliphatic heterocycles. The van der Waals surface area contributed by atoms with Gasteiger partial charge < -0.3 is 29.0 Å². The third-order valence-corrected chi connectivity index (χ3v) is 6.94. The maximum Gasteiger partial charge on any atom is 0.274 e. The second kappa shape index (κ2) is 10.4. The number of carbonyl (C=O) groups excluding carboxylic acids is 2. The Morgan fingerprint density at radius 2 is 1.78 bits per heavy atom. The summed E-state index contributed by atoms with van der Waals surface area (Å²) in [4.78, 5) is 32.3. The minimum atomic E-state index is -0.163. The Hall–Kier alpha value is -3.85. The summed E-state index contributed by atoms with van der Waals surface area (Å²) in [6, 6.07) is 15.2. The molecule has 36 heavy (non-hydrogen) atoms. The van der Waals surface area contributed by atoms with Crippen molar-refractivity contribution in [3.8, 4) is 11.5 Å². The molecule has 0 radical (unpaired) electrons. The molecule has 5 rings (SSSR count). The largest absolute Gasteiger partial charge is 0.497 e. The summed E-state index contributed by atoms with van der Waals surface area (Å²) in [5.41, 5.74) is 2.93. The second-order valence-electron chi connectivity index (χ2n) is 9.02. The molecule has 0 spiro atoms. The molecular formula is C27H30N4O5. The number of likely N-dealkylation sites (tertiary alicyclic amines) is 1. The molecule has 2 aliphatic rings. The van der Waals surface area contributed by atoms with E-state index in [9.17, 15) is 9.59 Å². The van der Waals surface area contributed by atoms with Gasteiger partial charge in [0, 0.05) is 19.0 Å². The molecule has 9 heteroatoms. The topological polar surface area (TPSA) is 94.9 Å². The fraction of sp³-hybridized carbons (Fsp3) is 0.370. The van der Waals surface area contributed by atoms with Crippen LogP contribution in [0.3, 0.4) is 0 Å². The maximum atomic E-state index is 13.3. The van der Waals surface area contributed by atoms with Gasteiger partial charge in [-0.25, -0.2) is 4.98 Å². The minimum absolute atomic E-state index is 0.0519. The highest BCUT2D eigenvalue weighted by Crippen LogP contribution is 2.30. The fourth-order valence-corrected chi connectivity index (χ4v) is 4.80. The number of ether oxygens (including phenoxy) is 3.